The first-order chi connectivity index (χ1) is 7.76. The number of nitrogens with one attached hydrogen (secondary N) is 1. The summed E-state index contributed by atoms with van der Waals surface area (Å²) >= 11 is 3.33. The Morgan fingerprint density at radius 1 is 1.31 bits per heavy atom. The van der Waals surface area contributed by atoms with Gasteiger partial charge < -0.3 is 5.32 Å². The highest BCUT2D eigenvalue weighted by Gasteiger charge is 2.01. The van der Waals surface area contributed by atoms with Crippen molar-refractivity contribution in [2.45, 2.75) is 19.3 Å². The number of hydrogen-bond acceptors (Lipinski definition) is 1. The van der Waals surface area contributed by atoms with E-state index in [-0.39, 0.29) is 5.91 Å². The third kappa shape index (κ3) is 4.50. The molecule has 1 amide bonds. The lowest BCUT2D eigenvalue weighted by Gasteiger charge is -2.04. The van der Waals surface area contributed by atoms with E-state index in [0.717, 1.165) is 29.4 Å². The van der Waals surface area contributed by atoms with Crippen LogP contribution in [0.5, 0.6) is 0 Å². The maximum absolute atomic E-state index is 11.5. The molecule has 0 radical (unpaired) electrons. The summed E-state index contributed by atoms with van der Waals surface area (Å²) in [6.07, 6.45) is 7.72. The van der Waals surface area contributed by atoms with Crippen LogP contribution in [0.2, 0.25) is 0 Å². The number of hydrogen-bond donors (Lipinski definition) is 1. The average Bonchev–Trinajstić information content (AvgIpc) is 2.30. The van der Waals surface area contributed by atoms with E-state index in [4.69, 9.17) is 6.42 Å². The van der Waals surface area contributed by atoms with Gasteiger partial charge in [-0.05, 0) is 37.1 Å². The SMILES string of the molecule is C#Cc1ccc(NC(=O)CCCCBr)cc1. The summed E-state index contributed by atoms with van der Waals surface area (Å²) in [5, 5.41) is 3.77. The highest BCUT2D eigenvalue weighted by Crippen LogP contribution is 2.09. The maximum Gasteiger partial charge on any atom is 0.224 e. The standard InChI is InChI=1S/C13H14BrNO/c1-2-11-6-8-12(9-7-11)15-13(16)5-3-4-10-14/h1,6-9H,3-5,10H2,(H,15,16). The topological polar surface area (TPSA) is 29.1 Å². The number of benzene rings is 1. The van der Waals surface area contributed by atoms with Crippen LogP contribution >= 0.6 is 15.9 Å². The van der Waals surface area contributed by atoms with Crippen LogP contribution in [0.1, 0.15) is 24.8 Å². The molecule has 84 valence electrons. The molecule has 0 fully saturated rings. The molecule has 1 aromatic carbocycles. The monoisotopic (exact) mass is 279 g/mol. The molecule has 0 aliphatic heterocycles. The number of unbranched alkanes of at least 4 members (excludes halogenated alkanes) is 1. The molecule has 16 heavy (non-hydrogen) atoms. The molecule has 0 atom stereocenters. The minimum Gasteiger partial charge on any atom is -0.326 e. The van der Waals surface area contributed by atoms with Gasteiger partial charge in [-0.3, -0.25) is 4.79 Å². The molecule has 0 bridgehead atoms. The molecule has 0 aliphatic rings. The smallest absolute Gasteiger partial charge is 0.224 e. The number of carbonyl (C=O) groups is 1. The Hall–Kier alpha value is -1.27. The van der Waals surface area contributed by atoms with Crippen LogP contribution in [0, 0.1) is 12.3 Å². The van der Waals surface area contributed by atoms with Crippen LogP contribution in [0.4, 0.5) is 5.69 Å². The fraction of sp³-hybridized carbons (Fsp3) is 0.308. The van der Waals surface area contributed by atoms with Crippen LogP contribution in [0.15, 0.2) is 24.3 Å². The first-order valence-electron chi connectivity index (χ1n) is 5.18. The number of terminal acetylenes is 1. The lowest BCUT2D eigenvalue weighted by molar-refractivity contribution is -0.116. The van der Waals surface area contributed by atoms with Gasteiger partial charge in [-0.25, -0.2) is 0 Å². The Kier molecular flexibility index (Phi) is 5.66. The molecular formula is C13H14BrNO. The number of amides is 1. The molecule has 1 aromatic rings. The zero-order chi connectivity index (χ0) is 11.8. The van der Waals surface area contributed by atoms with Gasteiger partial charge in [0.15, 0.2) is 0 Å². The molecule has 0 saturated heterocycles. The zero-order valence-electron chi connectivity index (χ0n) is 9.00. The summed E-state index contributed by atoms with van der Waals surface area (Å²) in [5.74, 6) is 2.58. The number of carbonyl (C=O) groups excluding carboxylic acids is 1. The van der Waals surface area contributed by atoms with Crippen molar-refractivity contribution < 1.29 is 4.79 Å². The highest BCUT2D eigenvalue weighted by atomic mass is 79.9. The third-order valence-electron chi connectivity index (χ3n) is 2.12. The summed E-state index contributed by atoms with van der Waals surface area (Å²) in [6.45, 7) is 0. The maximum atomic E-state index is 11.5. The molecule has 1 N–H and O–H groups in total. The van der Waals surface area contributed by atoms with E-state index in [1.54, 1.807) is 0 Å². The first-order valence-corrected chi connectivity index (χ1v) is 6.31. The van der Waals surface area contributed by atoms with E-state index in [1.165, 1.54) is 0 Å². The van der Waals surface area contributed by atoms with Gasteiger partial charge in [0, 0.05) is 23.0 Å². The van der Waals surface area contributed by atoms with Crippen LogP contribution in [0.3, 0.4) is 0 Å². The van der Waals surface area contributed by atoms with Gasteiger partial charge in [0.25, 0.3) is 0 Å². The Bertz CT molecular complexity index is 378. The third-order valence-corrected chi connectivity index (χ3v) is 2.68. The molecule has 0 aromatic heterocycles. The number of alkyl halides is 1. The van der Waals surface area contributed by atoms with Crippen LogP contribution in [-0.2, 0) is 4.79 Å². The average molecular weight is 280 g/mol. The first kappa shape index (κ1) is 12.8. The Balaban J connectivity index is 2.41. The number of anilines is 1. The van der Waals surface area contributed by atoms with E-state index in [0.29, 0.717) is 6.42 Å². The van der Waals surface area contributed by atoms with Crippen LogP contribution in [-0.4, -0.2) is 11.2 Å². The largest absolute Gasteiger partial charge is 0.326 e. The number of halogens is 1. The summed E-state index contributed by atoms with van der Waals surface area (Å²) in [4.78, 5) is 11.5. The molecular weight excluding hydrogens is 266 g/mol. The predicted molar refractivity (Wildman–Crippen MR) is 70.7 cm³/mol. The van der Waals surface area contributed by atoms with Crippen molar-refractivity contribution in [2.24, 2.45) is 0 Å². The molecule has 2 nitrogen and oxygen atoms in total. The summed E-state index contributed by atoms with van der Waals surface area (Å²) in [7, 11) is 0. The number of rotatable bonds is 5. The second kappa shape index (κ2) is 7.08. The van der Waals surface area contributed by atoms with Crippen LogP contribution < -0.4 is 5.32 Å². The van der Waals surface area contributed by atoms with E-state index < -0.39 is 0 Å². The zero-order valence-corrected chi connectivity index (χ0v) is 10.6. The van der Waals surface area contributed by atoms with Crippen molar-refractivity contribution in [3.05, 3.63) is 29.8 Å². The fourth-order valence-electron chi connectivity index (χ4n) is 1.25. The molecule has 0 spiro atoms. The van der Waals surface area contributed by atoms with Gasteiger partial charge in [-0.1, -0.05) is 21.9 Å². The highest BCUT2D eigenvalue weighted by molar-refractivity contribution is 9.09. The van der Waals surface area contributed by atoms with E-state index in [2.05, 4.69) is 27.2 Å². The Morgan fingerprint density at radius 2 is 2.00 bits per heavy atom. The minimum absolute atomic E-state index is 0.0504. The minimum atomic E-state index is 0.0504. The summed E-state index contributed by atoms with van der Waals surface area (Å²) < 4.78 is 0. The Morgan fingerprint density at radius 3 is 2.56 bits per heavy atom. The fourth-order valence-corrected chi connectivity index (χ4v) is 1.65. The van der Waals surface area contributed by atoms with Gasteiger partial charge >= 0.3 is 0 Å². The molecule has 3 heteroatoms. The van der Waals surface area contributed by atoms with Crippen molar-refractivity contribution in [2.75, 3.05) is 10.6 Å². The van der Waals surface area contributed by atoms with Crippen molar-refractivity contribution in [1.29, 1.82) is 0 Å². The van der Waals surface area contributed by atoms with Crippen molar-refractivity contribution in [3.8, 4) is 12.3 Å². The van der Waals surface area contributed by atoms with Gasteiger partial charge in [0.05, 0.1) is 0 Å². The lowest BCUT2D eigenvalue weighted by atomic mass is 10.2. The van der Waals surface area contributed by atoms with E-state index in [9.17, 15) is 4.79 Å². The predicted octanol–water partition coefficient (Wildman–Crippen LogP) is 3.17. The summed E-state index contributed by atoms with van der Waals surface area (Å²) in [5.41, 5.74) is 1.61. The second-order valence-corrected chi connectivity index (χ2v) is 4.21. The quantitative estimate of drug-likeness (QED) is 0.501. The normalized spacial score (nSPS) is 9.50. The summed E-state index contributed by atoms with van der Waals surface area (Å²) in [6, 6.07) is 7.26. The van der Waals surface area contributed by atoms with Gasteiger partial charge in [0.1, 0.15) is 0 Å². The van der Waals surface area contributed by atoms with Crippen molar-refractivity contribution in [1.82, 2.24) is 0 Å². The Labute approximate surface area is 105 Å². The second-order valence-electron chi connectivity index (χ2n) is 3.42. The van der Waals surface area contributed by atoms with Crippen molar-refractivity contribution >= 4 is 27.5 Å². The van der Waals surface area contributed by atoms with Crippen molar-refractivity contribution in [3.63, 3.8) is 0 Å². The van der Waals surface area contributed by atoms with E-state index in [1.807, 2.05) is 24.3 Å². The molecule has 0 heterocycles. The molecule has 1 rings (SSSR count). The van der Waals surface area contributed by atoms with Gasteiger partial charge in [-0.2, -0.15) is 0 Å². The van der Waals surface area contributed by atoms with Crippen LogP contribution in [0.25, 0.3) is 0 Å². The molecule has 0 unspecified atom stereocenters. The van der Waals surface area contributed by atoms with E-state index >= 15 is 0 Å². The van der Waals surface area contributed by atoms with Gasteiger partial charge in [-0.15, -0.1) is 6.42 Å². The molecule has 0 saturated carbocycles. The van der Waals surface area contributed by atoms with Gasteiger partial charge in [0.2, 0.25) is 5.91 Å². The lowest BCUT2D eigenvalue weighted by Crippen LogP contribution is -2.10. The molecule has 0 aliphatic carbocycles.